The maximum atomic E-state index is 12.8. The smallest absolute Gasteiger partial charge is 0.387 e. The summed E-state index contributed by atoms with van der Waals surface area (Å²) >= 11 is 0. The van der Waals surface area contributed by atoms with Crippen LogP contribution in [0.3, 0.4) is 0 Å². The number of aliphatic hydroxyl groups excluding tert-OH is 1. The monoisotopic (exact) mass is 756 g/mol. The van der Waals surface area contributed by atoms with Gasteiger partial charge in [0, 0.05) is 6.42 Å². The van der Waals surface area contributed by atoms with Gasteiger partial charge in [-0.2, -0.15) is 0 Å². The second kappa shape index (κ2) is 35.4. The van der Waals surface area contributed by atoms with Gasteiger partial charge >= 0.3 is 7.82 Å². The van der Waals surface area contributed by atoms with E-state index in [4.69, 9.17) is 9.05 Å². The van der Waals surface area contributed by atoms with E-state index in [-0.39, 0.29) is 19.1 Å². The topological polar surface area (TPSA) is 105 Å². The summed E-state index contributed by atoms with van der Waals surface area (Å²) in [4.78, 5) is 23.1. The van der Waals surface area contributed by atoms with Gasteiger partial charge in [0.15, 0.2) is 0 Å². The summed E-state index contributed by atoms with van der Waals surface area (Å²) in [6.07, 6.45) is 42.0. The highest BCUT2D eigenvalue weighted by Gasteiger charge is 2.27. The fourth-order valence-corrected chi connectivity index (χ4v) is 6.63. The van der Waals surface area contributed by atoms with Gasteiger partial charge < -0.3 is 19.8 Å². The lowest BCUT2D eigenvalue weighted by Crippen LogP contribution is -2.45. The van der Waals surface area contributed by atoms with Gasteiger partial charge in [-0.05, 0) is 51.4 Å². The van der Waals surface area contributed by atoms with Crippen molar-refractivity contribution in [3.8, 4) is 0 Å². The van der Waals surface area contributed by atoms with E-state index in [2.05, 4.69) is 43.5 Å². The minimum Gasteiger partial charge on any atom is -0.387 e. The van der Waals surface area contributed by atoms with Crippen LogP contribution in [-0.4, -0.2) is 73.4 Å². The van der Waals surface area contributed by atoms with Crippen molar-refractivity contribution in [3.05, 3.63) is 36.5 Å². The SMILES string of the molecule is CCCCC/C=C\C/C=C\CCCCCCCC(=O)NC(COP(=O)(O)OCC[N+](C)(C)C)C(O)/C=C/CCCCCCCCCCCCCCC. The van der Waals surface area contributed by atoms with E-state index in [1.807, 2.05) is 27.2 Å². The molecule has 8 nitrogen and oxygen atoms in total. The highest BCUT2D eigenvalue weighted by atomic mass is 31.2. The quantitative estimate of drug-likeness (QED) is 0.0251. The number of amides is 1. The minimum atomic E-state index is -4.34. The molecule has 52 heavy (non-hydrogen) atoms. The van der Waals surface area contributed by atoms with Crippen LogP contribution in [0.1, 0.15) is 181 Å². The van der Waals surface area contributed by atoms with Crippen molar-refractivity contribution in [3.63, 3.8) is 0 Å². The normalized spacial score (nSPS) is 14.8. The van der Waals surface area contributed by atoms with Crippen LogP contribution in [0.25, 0.3) is 0 Å². The summed E-state index contributed by atoms with van der Waals surface area (Å²) in [5.41, 5.74) is 0. The predicted octanol–water partition coefficient (Wildman–Crippen LogP) is 11.5. The number of phosphoric ester groups is 1. The number of hydrogen-bond donors (Lipinski definition) is 3. The number of likely N-dealkylation sites (N-methyl/N-ethyl adjacent to an activating group) is 1. The zero-order chi connectivity index (χ0) is 38.6. The molecule has 9 heteroatoms. The molecule has 0 bridgehead atoms. The van der Waals surface area contributed by atoms with Crippen LogP contribution in [0.2, 0.25) is 0 Å². The Morgan fingerprint density at radius 1 is 0.654 bits per heavy atom. The summed E-state index contributed by atoms with van der Waals surface area (Å²) in [6, 6.07) is -0.851. The third-order valence-electron chi connectivity index (χ3n) is 9.35. The molecule has 0 aliphatic rings. The minimum absolute atomic E-state index is 0.0582. The predicted molar refractivity (Wildman–Crippen MR) is 221 cm³/mol. The first kappa shape index (κ1) is 50.7. The van der Waals surface area contributed by atoms with Crippen LogP contribution in [0, 0.1) is 0 Å². The van der Waals surface area contributed by atoms with Crippen molar-refractivity contribution in [2.45, 2.75) is 193 Å². The molecule has 0 aliphatic heterocycles. The Bertz CT molecular complexity index is 948. The number of phosphoric acid groups is 1. The number of carbonyl (C=O) groups excluding carboxylic acids is 1. The first-order valence-corrected chi connectivity index (χ1v) is 22.9. The van der Waals surface area contributed by atoms with Crippen molar-refractivity contribution in [2.24, 2.45) is 0 Å². The third-order valence-corrected chi connectivity index (χ3v) is 10.3. The summed E-state index contributed by atoms with van der Waals surface area (Å²) in [5.74, 6) is -0.193. The second-order valence-electron chi connectivity index (χ2n) is 15.7. The highest BCUT2D eigenvalue weighted by Crippen LogP contribution is 2.43. The molecule has 3 unspecified atom stereocenters. The number of nitrogens with one attached hydrogen (secondary N) is 1. The van der Waals surface area contributed by atoms with Gasteiger partial charge in [-0.25, -0.2) is 4.57 Å². The summed E-state index contributed by atoms with van der Waals surface area (Å²) in [7, 11) is 1.56. The van der Waals surface area contributed by atoms with Crippen LogP contribution in [0.15, 0.2) is 36.5 Å². The van der Waals surface area contributed by atoms with Gasteiger partial charge in [-0.1, -0.05) is 159 Å². The number of unbranched alkanes of at least 4 members (excludes halogenated alkanes) is 21. The molecule has 0 fully saturated rings. The average molecular weight is 756 g/mol. The Morgan fingerprint density at radius 3 is 1.62 bits per heavy atom. The van der Waals surface area contributed by atoms with Gasteiger partial charge in [-0.15, -0.1) is 0 Å². The van der Waals surface area contributed by atoms with Crippen LogP contribution in [0.4, 0.5) is 0 Å². The van der Waals surface area contributed by atoms with Crippen LogP contribution in [-0.2, 0) is 18.4 Å². The van der Waals surface area contributed by atoms with Crippen molar-refractivity contribution < 1.29 is 32.9 Å². The van der Waals surface area contributed by atoms with E-state index < -0.39 is 20.0 Å². The number of carbonyl (C=O) groups is 1. The second-order valence-corrected chi connectivity index (χ2v) is 17.2. The molecule has 3 atom stereocenters. The summed E-state index contributed by atoms with van der Waals surface area (Å²) < 4.78 is 23.5. The molecule has 0 aromatic rings. The molecular weight excluding hydrogens is 671 g/mol. The number of nitrogens with zero attached hydrogens (tertiary/aromatic N) is 1. The maximum Gasteiger partial charge on any atom is 0.472 e. The fourth-order valence-electron chi connectivity index (χ4n) is 5.89. The lowest BCUT2D eigenvalue weighted by Gasteiger charge is -2.25. The van der Waals surface area contributed by atoms with Gasteiger partial charge in [-0.3, -0.25) is 13.8 Å². The zero-order valence-corrected chi connectivity index (χ0v) is 35.4. The van der Waals surface area contributed by atoms with E-state index >= 15 is 0 Å². The van der Waals surface area contributed by atoms with E-state index in [9.17, 15) is 19.4 Å². The first-order chi connectivity index (χ1) is 25.0. The molecule has 3 N–H and O–H groups in total. The molecule has 0 saturated carbocycles. The Balaban J connectivity index is 4.50. The molecule has 0 saturated heterocycles. The van der Waals surface area contributed by atoms with Gasteiger partial charge in [0.2, 0.25) is 5.91 Å². The van der Waals surface area contributed by atoms with Gasteiger partial charge in [0.05, 0.1) is 39.9 Å². The number of hydrogen-bond acceptors (Lipinski definition) is 5. The molecule has 1 amide bonds. The molecule has 0 aliphatic carbocycles. The van der Waals surface area contributed by atoms with Crippen LogP contribution >= 0.6 is 7.82 Å². The Morgan fingerprint density at radius 2 is 1.10 bits per heavy atom. The third kappa shape index (κ3) is 37.1. The van der Waals surface area contributed by atoms with E-state index in [0.717, 1.165) is 64.2 Å². The van der Waals surface area contributed by atoms with Crippen molar-refractivity contribution in [1.29, 1.82) is 0 Å². The molecular formula is C43H84N2O6P+. The van der Waals surface area contributed by atoms with Gasteiger partial charge in [0.25, 0.3) is 0 Å². The molecule has 0 rings (SSSR count). The number of allylic oxidation sites excluding steroid dienone is 5. The average Bonchev–Trinajstić information content (AvgIpc) is 3.09. The van der Waals surface area contributed by atoms with Gasteiger partial charge in [0.1, 0.15) is 13.2 Å². The summed E-state index contributed by atoms with van der Waals surface area (Å²) in [5, 5.41) is 13.8. The summed E-state index contributed by atoms with van der Waals surface area (Å²) in [6.45, 7) is 4.76. The Labute approximate surface area is 321 Å². The maximum absolute atomic E-state index is 12.8. The molecule has 306 valence electrons. The Kier molecular flexibility index (Phi) is 34.6. The number of aliphatic hydroxyl groups is 1. The van der Waals surface area contributed by atoms with E-state index in [1.165, 1.54) is 96.3 Å². The molecule has 0 aromatic heterocycles. The van der Waals surface area contributed by atoms with Crippen LogP contribution < -0.4 is 5.32 Å². The zero-order valence-electron chi connectivity index (χ0n) is 34.5. The van der Waals surface area contributed by atoms with E-state index in [0.29, 0.717) is 17.4 Å². The van der Waals surface area contributed by atoms with Crippen LogP contribution in [0.5, 0.6) is 0 Å². The molecule has 0 aromatic carbocycles. The highest BCUT2D eigenvalue weighted by molar-refractivity contribution is 7.47. The number of quaternary nitrogens is 1. The first-order valence-electron chi connectivity index (χ1n) is 21.4. The standard InChI is InChI=1S/C43H83N2O6P/c1-6-8-10-12-14-16-18-20-22-24-26-28-30-32-34-36-42(46)41(40-51-52(48,49)50-39-38-45(3,4)5)44-43(47)37-35-33-31-29-27-25-23-21-19-17-15-13-11-9-7-2/h15,17,21,23,34,36,41-42,46H,6-14,16,18-20,22,24-33,35,37-40H2,1-5H3,(H-,44,47,48,49)/p+1/b17-15-,23-21-,36-34+. The Hall–Kier alpha value is -1.28. The largest absolute Gasteiger partial charge is 0.472 e. The molecule has 0 heterocycles. The molecule has 0 radical (unpaired) electrons. The fraction of sp³-hybridized carbons (Fsp3) is 0.837. The number of rotatable bonds is 38. The lowest BCUT2D eigenvalue weighted by molar-refractivity contribution is -0.870. The van der Waals surface area contributed by atoms with Crippen molar-refractivity contribution >= 4 is 13.7 Å². The van der Waals surface area contributed by atoms with Crippen molar-refractivity contribution in [2.75, 3.05) is 40.9 Å². The van der Waals surface area contributed by atoms with E-state index in [1.54, 1.807) is 6.08 Å². The molecule has 0 spiro atoms. The lowest BCUT2D eigenvalue weighted by atomic mass is 10.0. The van der Waals surface area contributed by atoms with Crippen molar-refractivity contribution in [1.82, 2.24) is 5.32 Å².